The molecule has 0 aliphatic heterocycles. The molecule has 0 spiro atoms. The smallest absolute Gasteiger partial charge is 0.306 e. The predicted molar refractivity (Wildman–Crippen MR) is 163 cm³/mol. The van der Waals surface area contributed by atoms with Crippen LogP contribution in [-0.2, 0) is 14.3 Å². The molecular formula is C34H64O4. The molecule has 224 valence electrons. The monoisotopic (exact) mass is 536 g/mol. The molecule has 0 saturated carbocycles. The first-order chi connectivity index (χ1) is 18.6. The zero-order chi connectivity index (χ0) is 27.9. The van der Waals surface area contributed by atoms with E-state index in [1.54, 1.807) is 0 Å². The van der Waals surface area contributed by atoms with Gasteiger partial charge in [0.25, 0.3) is 0 Å². The highest BCUT2D eigenvalue weighted by Crippen LogP contribution is 2.18. The second-order valence-corrected chi connectivity index (χ2v) is 11.3. The van der Waals surface area contributed by atoms with Crippen molar-refractivity contribution in [2.75, 3.05) is 0 Å². The number of hydrogen-bond donors (Lipinski definition) is 1. The quantitative estimate of drug-likeness (QED) is 0.0563. The van der Waals surface area contributed by atoms with E-state index in [9.17, 15) is 9.59 Å². The number of carboxylic acids is 1. The zero-order valence-corrected chi connectivity index (χ0v) is 25.5. The molecule has 0 saturated heterocycles. The third kappa shape index (κ3) is 29.2. The van der Waals surface area contributed by atoms with Gasteiger partial charge >= 0.3 is 11.9 Å². The summed E-state index contributed by atoms with van der Waals surface area (Å²) in [6, 6.07) is 0. The third-order valence-corrected chi connectivity index (χ3v) is 7.49. The van der Waals surface area contributed by atoms with Crippen LogP contribution in [0, 0.1) is 0 Å². The van der Waals surface area contributed by atoms with Crippen molar-refractivity contribution < 1.29 is 19.4 Å². The van der Waals surface area contributed by atoms with E-state index in [0.29, 0.717) is 12.8 Å². The Morgan fingerprint density at radius 1 is 0.553 bits per heavy atom. The van der Waals surface area contributed by atoms with Crippen molar-refractivity contribution in [1.29, 1.82) is 0 Å². The summed E-state index contributed by atoms with van der Waals surface area (Å²) in [5.41, 5.74) is 0. The molecule has 0 rings (SSSR count). The molecule has 0 aromatic heterocycles. The van der Waals surface area contributed by atoms with E-state index in [0.717, 1.165) is 44.9 Å². The van der Waals surface area contributed by atoms with Crippen LogP contribution in [0.3, 0.4) is 0 Å². The van der Waals surface area contributed by atoms with Gasteiger partial charge in [-0.2, -0.15) is 0 Å². The van der Waals surface area contributed by atoms with E-state index in [1.165, 1.54) is 116 Å². The van der Waals surface area contributed by atoms with Gasteiger partial charge in [-0.25, -0.2) is 0 Å². The number of ether oxygens (including phenoxy) is 1. The van der Waals surface area contributed by atoms with E-state index in [1.807, 2.05) is 0 Å². The molecule has 1 unspecified atom stereocenters. The van der Waals surface area contributed by atoms with Gasteiger partial charge in [-0.3, -0.25) is 9.59 Å². The van der Waals surface area contributed by atoms with Crippen LogP contribution in [0.1, 0.15) is 187 Å². The largest absolute Gasteiger partial charge is 0.481 e. The highest BCUT2D eigenvalue weighted by Gasteiger charge is 2.14. The lowest BCUT2D eigenvalue weighted by Crippen LogP contribution is -2.18. The molecular weight excluding hydrogens is 472 g/mol. The molecule has 0 bridgehead atoms. The lowest BCUT2D eigenvalue weighted by atomic mass is 10.0. The molecule has 38 heavy (non-hydrogen) atoms. The van der Waals surface area contributed by atoms with Crippen molar-refractivity contribution in [3.8, 4) is 0 Å². The summed E-state index contributed by atoms with van der Waals surface area (Å²) in [6.07, 6.45) is 35.3. The molecule has 4 heteroatoms. The van der Waals surface area contributed by atoms with Gasteiger partial charge in [0.1, 0.15) is 6.10 Å². The van der Waals surface area contributed by atoms with Crippen LogP contribution < -0.4 is 0 Å². The van der Waals surface area contributed by atoms with Crippen LogP contribution in [0.4, 0.5) is 0 Å². The molecule has 0 radical (unpaired) electrons. The standard InChI is InChI=1S/C34H64O4/c1-3-5-7-8-9-10-12-17-20-23-27-31-34(37)38-32(28-24-6-4-2)29-25-21-18-15-13-11-14-16-19-22-26-30-33(35)36/h8-9,32H,3-7,10-31H2,1-2H3,(H,35,36)/b9-8-. The topological polar surface area (TPSA) is 63.6 Å². The first-order valence-electron chi connectivity index (χ1n) is 16.7. The molecule has 1 atom stereocenters. The van der Waals surface area contributed by atoms with Crippen molar-refractivity contribution >= 4 is 11.9 Å². The van der Waals surface area contributed by atoms with E-state index in [4.69, 9.17) is 9.84 Å². The summed E-state index contributed by atoms with van der Waals surface area (Å²) in [5, 5.41) is 8.66. The van der Waals surface area contributed by atoms with Crippen molar-refractivity contribution in [2.24, 2.45) is 0 Å². The summed E-state index contributed by atoms with van der Waals surface area (Å²) >= 11 is 0. The molecule has 0 heterocycles. The van der Waals surface area contributed by atoms with E-state index in [-0.39, 0.29) is 12.1 Å². The molecule has 0 amide bonds. The number of aliphatic carboxylic acids is 1. The van der Waals surface area contributed by atoms with Gasteiger partial charge in [0, 0.05) is 12.8 Å². The van der Waals surface area contributed by atoms with E-state index < -0.39 is 5.97 Å². The van der Waals surface area contributed by atoms with Crippen molar-refractivity contribution in [2.45, 2.75) is 193 Å². The lowest BCUT2D eigenvalue weighted by Gasteiger charge is -2.18. The van der Waals surface area contributed by atoms with Gasteiger partial charge in [-0.15, -0.1) is 0 Å². The molecule has 0 aliphatic rings. The number of esters is 1. The van der Waals surface area contributed by atoms with Crippen LogP contribution in [-0.4, -0.2) is 23.1 Å². The normalized spacial score (nSPS) is 12.3. The molecule has 0 fully saturated rings. The van der Waals surface area contributed by atoms with Crippen molar-refractivity contribution in [1.82, 2.24) is 0 Å². The molecule has 0 aliphatic carbocycles. The lowest BCUT2D eigenvalue weighted by molar-refractivity contribution is -0.150. The summed E-state index contributed by atoms with van der Waals surface area (Å²) in [5.74, 6) is -0.651. The van der Waals surface area contributed by atoms with E-state index >= 15 is 0 Å². The fraction of sp³-hybridized carbons (Fsp3) is 0.882. The van der Waals surface area contributed by atoms with Crippen LogP contribution >= 0.6 is 0 Å². The number of allylic oxidation sites excluding steroid dienone is 2. The Balaban J connectivity index is 3.77. The van der Waals surface area contributed by atoms with E-state index in [2.05, 4.69) is 26.0 Å². The Morgan fingerprint density at radius 3 is 1.50 bits per heavy atom. The van der Waals surface area contributed by atoms with Crippen LogP contribution in [0.15, 0.2) is 12.2 Å². The Labute approximate surface area is 236 Å². The zero-order valence-electron chi connectivity index (χ0n) is 25.5. The molecule has 4 nitrogen and oxygen atoms in total. The van der Waals surface area contributed by atoms with Crippen LogP contribution in [0.5, 0.6) is 0 Å². The summed E-state index contributed by atoms with van der Waals surface area (Å²) in [4.78, 5) is 22.9. The first-order valence-corrected chi connectivity index (χ1v) is 16.7. The van der Waals surface area contributed by atoms with Gasteiger partial charge in [0.05, 0.1) is 0 Å². The minimum atomic E-state index is -0.673. The van der Waals surface area contributed by atoms with Gasteiger partial charge in [-0.05, 0) is 57.8 Å². The Bertz CT molecular complexity index is 543. The Morgan fingerprint density at radius 2 is 0.974 bits per heavy atom. The van der Waals surface area contributed by atoms with Gasteiger partial charge in [-0.1, -0.05) is 129 Å². The molecule has 0 aromatic carbocycles. The number of rotatable bonds is 30. The van der Waals surface area contributed by atoms with Gasteiger partial charge < -0.3 is 9.84 Å². The predicted octanol–water partition coefficient (Wildman–Crippen LogP) is 11.1. The summed E-state index contributed by atoms with van der Waals surface area (Å²) < 4.78 is 5.92. The number of carboxylic acid groups (broad SMARTS) is 1. The highest BCUT2D eigenvalue weighted by molar-refractivity contribution is 5.69. The summed E-state index contributed by atoms with van der Waals surface area (Å²) in [6.45, 7) is 4.46. The minimum Gasteiger partial charge on any atom is -0.481 e. The average molecular weight is 537 g/mol. The third-order valence-electron chi connectivity index (χ3n) is 7.49. The van der Waals surface area contributed by atoms with Crippen LogP contribution in [0.25, 0.3) is 0 Å². The maximum atomic E-state index is 12.4. The van der Waals surface area contributed by atoms with Crippen molar-refractivity contribution in [3.63, 3.8) is 0 Å². The number of hydrogen-bond acceptors (Lipinski definition) is 3. The number of unbranched alkanes of at least 4 members (excludes halogenated alkanes) is 19. The Kier molecular flexibility index (Phi) is 29.2. The van der Waals surface area contributed by atoms with Crippen molar-refractivity contribution in [3.05, 3.63) is 12.2 Å². The van der Waals surface area contributed by atoms with Crippen LogP contribution in [0.2, 0.25) is 0 Å². The maximum Gasteiger partial charge on any atom is 0.306 e. The maximum absolute atomic E-state index is 12.4. The number of carbonyl (C=O) groups excluding carboxylic acids is 1. The molecule has 1 N–H and O–H groups in total. The second kappa shape index (κ2) is 30.2. The fourth-order valence-corrected chi connectivity index (χ4v) is 4.99. The van der Waals surface area contributed by atoms with Gasteiger partial charge in [0.2, 0.25) is 0 Å². The fourth-order valence-electron chi connectivity index (χ4n) is 4.99. The number of carbonyl (C=O) groups is 2. The second-order valence-electron chi connectivity index (χ2n) is 11.3. The van der Waals surface area contributed by atoms with Gasteiger partial charge in [0.15, 0.2) is 0 Å². The average Bonchev–Trinajstić information content (AvgIpc) is 2.89. The minimum absolute atomic E-state index is 0.0216. The highest BCUT2D eigenvalue weighted by atomic mass is 16.5. The first kappa shape index (κ1) is 36.7. The molecule has 0 aromatic rings. The summed E-state index contributed by atoms with van der Waals surface area (Å²) in [7, 11) is 0. The Hall–Kier alpha value is -1.32. The SMILES string of the molecule is CCCC/C=C\CCCCCCCC(=O)OC(CCCCC)CCCCCCCCCCCCCC(=O)O.